The number of aromatic nitrogens is 1. The van der Waals surface area contributed by atoms with E-state index in [-0.39, 0.29) is 23.0 Å². The van der Waals surface area contributed by atoms with Gasteiger partial charge in [0.15, 0.2) is 5.78 Å². The highest BCUT2D eigenvalue weighted by Gasteiger charge is 2.14. The largest absolute Gasteiger partial charge is 0.490 e. The predicted molar refractivity (Wildman–Crippen MR) is 82.9 cm³/mol. The van der Waals surface area contributed by atoms with Crippen molar-refractivity contribution < 1.29 is 9.53 Å². The summed E-state index contributed by atoms with van der Waals surface area (Å²) in [4.78, 5) is 23.7. The predicted octanol–water partition coefficient (Wildman–Crippen LogP) is 3.04. The topological polar surface area (TPSA) is 48.3 Å². The van der Waals surface area contributed by atoms with Crippen LogP contribution in [0.2, 0.25) is 0 Å². The van der Waals surface area contributed by atoms with E-state index in [0.29, 0.717) is 0 Å². The minimum Gasteiger partial charge on any atom is -0.490 e. The van der Waals surface area contributed by atoms with Crippen molar-refractivity contribution in [2.75, 3.05) is 0 Å². The van der Waals surface area contributed by atoms with Crippen molar-refractivity contribution in [1.29, 1.82) is 0 Å². The van der Waals surface area contributed by atoms with Crippen LogP contribution in [0.15, 0.2) is 41.2 Å². The van der Waals surface area contributed by atoms with E-state index in [0.717, 1.165) is 17.0 Å². The Balaban J connectivity index is 2.61. The van der Waals surface area contributed by atoms with E-state index in [1.54, 1.807) is 19.2 Å². The van der Waals surface area contributed by atoms with Gasteiger partial charge in [0.05, 0.1) is 17.4 Å². The highest BCUT2D eigenvalue weighted by atomic mass is 16.5. The summed E-state index contributed by atoms with van der Waals surface area (Å²) in [7, 11) is 1.66. The first-order chi connectivity index (χ1) is 9.91. The van der Waals surface area contributed by atoms with E-state index in [9.17, 15) is 9.59 Å². The van der Waals surface area contributed by atoms with Crippen molar-refractivity contribution in [3.63, 3.8) is 0 Å². The number of nitrogens with zero attached hydrogens (tertiary/aromatic N) is 1. The Morgan fingerprint density at radius 1 is 1.14 bits per heavy atom. The first-order valence-corrected chi connectivity index (χ1v) is 6.89. The molecule has 1 aromatic carbocycles. The Hall–Kier alpha value is -2.36. The summed E-state index contributed by atoms with van der Waals surface area (Å²) in [6, 6.07) is 10.9. The van der Waals surface area contributed by atoms with Crippen LogP contribution in [0.1, 0.15) is 31.1 Å². The van der Waals surface area contributed by atoms with E-state index < -0.39 is 0 Å². The normalized spacial score (nSPS) is 10.7. The Morgan fingerprint density at radius 3 is 2.43 bits per heavy atom. The number of rotatable bonds is 4. The van der Waals surface area contributed by atoms with Crippen LogP contribution in [0.5, 0.6) is 5.75 Å². The molecule has 2 rings (SSSR count). The number of ether oxygens (including phenoxy) is 1. The Kier molecular flexibility index (Phi) is 4.26. The minimum absolute atomic E-state index is 0.0414. The number of hydrogen-bond acceptors (Lipinski definition) is 3. The van der Waals surface area contributed by atoms with Gasteiger partial charge in [0, 0.05) is 12.6 Å². The molecule has 0 unspecified atom stereocenters. The third-order valence-electron chi connectivity index (χ3n) is 3.21. The van der Waals surface area contributed by atoms with Crippen molar-refractivity contribution in [3.05, 3.63) is 52.3 Å². The number of para-hydroxylation sites is 1. The van der Waals surface area contributed by atoms with Crippen LogP contribution in [0.25, 0.3) is 11.3 Å². The van der Waals surface area contributed by atoms with Crippen molar-refractivity contribution in [2.24, 2.45) is 7.05 Å². The molecule has 0 aliphatic carbocycles. The molecule has 4 heteroatoms. The molecule has 0 aliphatic rings. The molecule has 0 spiro atoms. The lowest BCUT2D eigenvalue weighted by molar-refractivity contribution is 0.101. The summed E-state index contributed by atoms with van der Waals surface area (Å²) in [6.07, 6.45) is 0.0414. The quantitative estimate of drug-likeness (QED) is 0.811. The SMILES string of the molecule is CC(=O)c1ccc(-c2ccccc2OC(C)C)n(C)c1=O. The summed E-state index contributed by atoms with van der Waals surface area (Å²) in [6.45, 7) is 5.30. The smallest absolute Gasteiger partial charge is 0.261 e. The van der Waals surface area contributed by atoms with Crippen molar-refractivity contribution >= 4 is 5.78 Å². The standard InChI is InChI=1S/C17H19NO3/c1-11(2)21-16-8-6-5-7-14(16)15-10-9-13(12(3)19)17(20)18(15)4/h5-11H,1-4H3. The van der Waals surface area contributed by atoms with Crippen LogP contribution in [0.4, 0.5) is 0 Å². The monoisotopic (exact) mass is 285 g/mol. The summed E-state index contributed by atoms with van der Waals surface area (Å²) in [5.74, 6) is 0.493. The average molecular weight is 285 g/mol. The maximum Gasteiger partial charge on any atom is 0.261 e. The molecule has 0 atom stereocenters. The molecule has 0 N–H and O–H groups in total. The molecule has 1 aromatic heterocycles. The second kappa shape index (κ2) is 5.95. The van der Waals surface area contributed by atoms with Gasteiger partial charge < -0.3 is 9.30 Å². The van der Waals surface area contributed by atoms with Gasteiger partial charge in [0.1, 0.15) is 5.75 Å². The molecule has 0 fully saturated rings. The highest BCUT2D eigenvalue weighted by Crippen LogP contribution is 2.29. The van der Waals surface area contributed by atoms with E-state index in [4.69, 9.17) is 4.74 Å². The van der Waals surface area contributed by atoms with Gasteiger partial charge in [-0.05, 0) is 45.0 Å². The minimum atomic E-state index is -0.292. The van der Waals surface area contributed by atoms with Crippen LogP contribution >= 0.6 is 0 Å². The number of carbonyl (C=O) groups excluding carboxylic acids is 1. The maximum absolute atomic E-state index is 12.2. The fourth-order valence-corrected chi connectivity index (χ4v) is 2.21. The van der Waals surface area contributed by atoms with E-state index in [1.807, 2.05) is 38.1 Å². The van der Waals surface area contributed by atoms with Gasteiger partial charge in [-0.2, -0.15) is 0 Å². The van der Waals surface area contributed by atoms with Gasteiger partial charge in [-0.3, -0.25) is 9.59 Å². The summed E-state index contributed by atoms with van der Waals surface area (Å²) in [5.41, 5.74) is 1.46. The zero-order chi connectivity index (χ0) is 15.6. The molecular formula is C17H19NO3. The molecule has 0 bridgehead atoms. The lowest BCUT2D eigenvalue weighted by Gasteiger charge is -2.16. The molecule has 110 valence electrons. The van der Waals surface area contributed by atoms with Crippen LogP contribution in [0, 0.1) is 0 Å². The maximum atomic E-state index is 12.2. The summed E-state index contributed by atoms with van der Waals surface area (Å²) >= 11 is 0. The molecule has 0 radical (unpaired) electrons. The third kappa shape index (κ3) is 3.05. The van der Waals surface area contributed by atoms with E-state index >= 15 is 0 Å². The van der Waals surface area contributed by atoms with Gasteiger partial charge >= 0.3 is 0 Å². The van der Waals surface area contributed by atoms with Crippen molar-refractivity contribution in [2.45, 2.75) is 26.9 Å². The lowest BCUT2D eigenvalue weighted by Crippen LogP contribution is -2.24. The number of pyridine rings is 1. The van der Waals surface area contributed by atoms with Crippen LogP contribution < -0.4 is 10.3 Å². The molecule has 21 heavy (non-hydrogen) atoms. The van der Waals surface area contributed by atoms with Crippen LogP contribution in [-0.2, 0) is 7.05 Å². The Bertz CT molecular complexity index is 729. The second-order valence-electron chi connectivity index (χ2n) is 5.22. The van der Waals surface area contributed by atoms with E-state index in [2.05, 4.69) is 0 Å². The van der Waals surface area contributed by atoms with Gasteiger partial charge in [-0.1, -0.05) is 12.1 Å². The molecule has 4 nitrogen and oxygen atoms in total. The number of carbonyl (C=O) groups is 1. The zero-order valence-electron chi connectivity index (χ0n) is 12.7. The van der Waals surface area contributed by atoms with Crippen LogP contribution in [-0.4, -0.2) is 16.5 Å². The zero-order valence-corrected chi connectivity index (χ0v) is 12.7. The molecule has 0 saturated carbocycles. The highest BCUT2D eigenvalue weighted by molar-refractivity contribution is 5.94. The molecule has 0 amide bonds. The van der Waals surface area contributed by atoms with Gasteiger partial charge in [0.2, 0.25) is 0 Å². The molecule has 2 aromatic rings. The molecule has 1 heterocycles. The number of ketones is 1. The molecule has 0 saturated heterocycles. The Morgan fingerprint density at radius 2 is 1.81 bits per heavy atom. The van der Waals surface area contributed by atoms with Crippen LogP contribution in [0.3, 0.4) is 0 Å². The van der Waals surface area contributed by atoms with Crippen molar-refractivity contribution in [1.82, 2.24) is 4.57 Å². The number of benzene rings is 1. The first kappa shape index (κ1) is 15.0. The van der Waals surface area contributed by atoms with Gasteiger partial charge in [-0.25, -0.2) is 0 Å². The fourth-order valence-electron chi connectivity index (χ4n) is 2.21. The fraction of sp³-hybridized carbons (Fsp3) is 0.294. The van der Waals surface area contributed by atoms with E-state index in [1.165, 1.54) is 11.5 Å². The Labute approximate surface area is 124 Å². The van der Waals surface area contributed by atoms with Gasteiger partial charge in [0.25, 0.3) is 5.56 Å². The second-order valence-corrected chi connectivity index (χ2v) is 5.22. The third-order valence-corrected chi connectivity index (χ3v) is 3.21. The molecular weight excluding hydrogens is 266 g/mol. The average Bonchev–Trinajstić information content (AvgIpc) is 2.42. The van der Waals surface area contributed by atoms with Crippen molar-refractivity contribution in [3.8, 4) is 17.0 Å². The first-order valence-electron chi connectivity index (χ1n) is 6.89. The lowest BCUT2D eigenvalue weighted by atomic mass is 10.1. The van der Waals surface area contributed by atoms with Gasteiger partial charge in [-0.15, -0.1) is 0 Å². The molecule has 0 aliphatic heterocycles. The summed E-state index contributed by atoms with van der Waals surface area (Å²) < 4.78 is 7.28. The number of Topliss-reactive ketones (excluding diaryl/α,β-unsaturated/α-hetero) is 1. The summed E-state index contributed by atoms with van der Waals surface area (Å²) in [5, 5.41) is 0. The number of hydrogen-bond donors (Lipinski definition) is 0.